The molecule has 110 valence electrons. The molecule has 1 amide bonds. The summed E-state index contributed by atoms with van der Waals surface area (Å²) in [6.45, 7) is 3.92. The highest BCUT2D eigenvalue weighted by Gasteiger charge is 2.11. The minimum Gasteiger partial charge on any atom is -0.320 e. The van der Waals surface area contributed by atoms with Gasteiger partial charge in [-0.15, -0.1) is 0 Å². The second-order valence-corrected chi connectivity index (χ2v) is 5.86. The molecule has 0 bridgehead atoms. The van der Waals surface area contributed by atoms with Crippen molar-refractivity contribution in [3.05, 3.63) is 76.3 Å². The zero-order valence-electron chi connectivity index (χ0n) is 12.5. The highest BCUT2D eigenvalue weighted by atomic mass is 35.5. The number of hydrogen-bond acceptors (Lipinski definition) is 1. The van der Waals surface area contributed by atoms with Crippen LogP contribution in [-0.2, 0) is 0 Å². The molecule has 22 heavy (non-hydrogen) atoms. The summed E-state index contributed by atoms with van der Waals surface area (Å²) in [5.41, 5.74) is 3.32. The lowest BCUT2D eigenvalue weighted by Crippen LogP contribution is -2.13. The predicted molar refractivity (Wildman–Crippen MR) is 92.8 cm³/mol. The first-order valence-corrected chi connectivity index (χ1v) is 7.49. The fraction of sp³-hybridized carbons (Fsp3) is 0.105. The average molecular weight is 310 g/mol. The summed E-state index contributed by atoms with van der Waals surface area (Å²) < 4.78 is 0. The van der Waals surface area contributed by atoms with Crippen molar-refractivity contribution >= 4 is 34.0 Å². The normalized spacial score (nSPS) is 10.7. The maximum absolute atomic E-state index is 12.5. The van der Waals surface area contributed by atoms with Crippen molar-refractivity contribution in [1.82, 2.24) is 0 Å². The van der Waals surface area contributed by atoms with Crippen LogP contribution in [0.1, 0.15) is 21.5 Å². The number of amides is 1. The Kier molecular flexibility index (Phi) is 3.86. The Balaban J connectivity index is 1.93. The Hall–Kier alpha value is -2.32. The Labute approximate surface area is 134 Å². The third-order valence-corrected chi connectivity index (χ3v) is 3.98. The number of fused-ring (bicyclic) bond motifs is 1. The second-order valence-electron chi connectivity index (χ2n) is 5.45. The van der Waals surface area contributed by atoms with Gasteiger partial charge in [0.2, 0.25) is 0 Å². The first-order valence-electron chi connectivity index (χ1n) is 7.11. The van der Waals surface area contributed by atoms with Gasteiger partial charge in [0.25, 0.3) is 5.91 Å². The highest BCUT2D eigenvalue weighted by molar-refractivity contribution is 6.34. The van der Waals surface area contributed by atoms with Gasteiger partial charge in [-0.3, -0.25) is 4.79 Å². The third kappa shape index (κ3) is 2.83. The van der Waals surface area contributed by atoms with E-state index < -0.39 is 0 Å². The van der Waals surface area contributed by atoms with Gasteiger partial charge in [0.1, 0.15) is 0 Å². The first-order chi connectivity index (χ1) is 10.5. The fourth-order valence-corrected chi connectivity index (χ4v) is 2.96. The summed E-state index contributed by atoms with van der Waals surface area (Å²) in [5.74, 6) is -0.153. The molecule has 0 fully saturated rings. The molecule has 3 aromatic rings. The van der Waals surface area contributed by atoms with E-state index in [1.807, 2.05) is 68.4 Å². The highest BCUT2D eigenvalue weighted by Crippen LogP contribution is 2.28. The van der Waals surface area contributed by atoms with E-state index in [9.17, 15) is 4.79 Å². The molecule has 0 radical (unpaired) electrons. The van der Waals surface area contributed by atoms with Crippen LogP contribution in [0.3, 0.4) is 0 Å². The molecule has 0 aromatic heterocycles. The molecule has 0 aliphatic carbocycles. The molecule has 0 aliphatic heterocycles. The SMILES string of the molecule is Cc1cc(C)c(NC(=O)c2ccc3ccccc3c2)c(Cl)c1. The number of anilines is 1. The molecule has 0 spiro atoms. The van der Waals surface area contributed by atoms with E-state index in [1.165, 1.54) is 0 Å². The number of halogens is 1. The number of rotatable bonds is 2. The van der Waals surface area contributed by atoms with Crippen molar-refractivity contribution in [2.24, 2.45) is 0 Å². The van der Waals surface area contributed by atoms with Crippen molar-refractivity contribution in [1.29, 1.82) is 0 Å². The maximum atomic E-state index is 12.5. The summed E-state index contributed by atoms with van der Waals surface area (Å²) >= 11 is 6.25. The molecule has 0 heterocycles. The zero-order valence-corrected chi connectivity index (χ0v) is 13.2. The van der Waals surface area contributed by atoms with Crippen LogP contribution in [0.2, 0.25) is 5.02 Å². The van der Waals surface area contributed by atoms with Crippen molar-refractivity contribution < 1.29 is 4.79 Å². The second kappa shape index (κ2) is 5.82. The van der Waals surface area contributed by atoms with Crippen LogP contribution in [0.25, 0.3) is 10.8 Å². The number of carbonyl (C=O) groups excluding carboxylic acids is 1. The topological polar surface area (TPSA) is 29.1 Å². The van der Waals surface area contributed by atoms with Crippen LogP contribution in [0.4, 0.5) is 5.69 Å². The lowest BCUT2D eigenvalue weighted by atomic mass is 10.1. The largest absolute Gasteiger partial charge is 0.320 e. The van der Waals surface area contributed by atoms with Crippen LogP contribution in [0.15, 0.2) is 54.6 Å². The van der Waals surface area contributed by atoms with E-state index in [0.29, 0.717) is 16.3 Å². The first kappa shape index (κ1) is 14.6. The van der Waals surface area contributed by atoms with E-state index in [4.69, 9.17) is 11.6 Å². The maximum Gasteiger partial charge on any atom is 0.255 e. The minimum absolute atomic E-state index is 0.153. The molecule has 0 saturated heterocycles. The molecular formula is C19H16ClNO. The molecule has 1 N–H and O–H groups in total. The lowest BCUT2D eigenvalue weighted by Gasteiger charge is -2.12. The van der Waals surface area contributed by atoms with Gasteiger partial charge in [0.05, 0.1) is 10.7 Å². The Morgan fingerprint density at radius 3 is 2.41 bits per heavy atom. The molecule has 2 nitrogen and oxygen atoms in total. The molecule has 3 rings (SSSR count). The fourth-order valence-electron chi connectivity index (χ4n) is 2.59. The third-order valence-electron chi connectivity index (χ3n) is 3.68. The Bertz CT molecular complexity index is 847. The van der Waals surface area contributed by atoms with E-state index in [1.54, 1.807) is 0 Å². The van der Waals surface area contributed by atoms with Gasteiger partial charge in [-0.2, -0.15) is 0 Å². The molecule has 0 saturated carbocycles. The molecule has 0 aliphatic rings. The summed E-state index contributed by atoms with van der Waals surface area (Å²) in [6.07, 6.45) is 0. The predicted octanol–water partition coefficient (Wildman–Crippen LogP) is 5.36. The quantitative estimate of drug-likeness (QED) is 0.678. The van der Waals surface area contributed by atoms with E-state index in [-0.39, 0.29) is 5.91 Å². The van der Waals surface area contributed by atoms with Crippen molar-refractivity contribution in [3.63, 3.8) is 0 Å². The van der Waals surface area contributed by atoms with Crippen LogP contribution in [0.5, 0.6) is 0 Å². The van der Waals surface area contributed by atoms with Crippen LogP contribution < -0.4 is 5.32 Å². The minimum atomic E-state index is -0.153. The number of benzene rings is 3. The average Bonchev–Trinajstić information content (AvgIpc) is 2.50. The van der Waals surface area contributed by atoms with Crippen molar-refractivity contribution in [3.8, 4) is 0 Å². The monoisotopic (exact) mass is 309 g/mol. The zero-order chi connectivity index (χ0) is 15.7. The number of aryl methyl sites for hydroxylation is 2. The van der Waals surface area contributed by atoms with Gasteiger partial charge < -0.3 is 5.32 Å². The van der Waals surface area contributed by atoms with Gasteiger partial charge >= 0.3 is 0 Å². The molecule has 0 atom stereocenters. The molecule has 3 aromatic carbocycles. The molecular weight excluding hydrogens is 294 g/mol. The number of hydrogen-bond donors (Lipinski definition) is 1. The van der Waals surface area contributed by atoms with Crippen molar-refractivity contribution in [2.45, 2.75) is 13.8 Å². The summed E-state index contributed by atoms with van der Waals surface area (Å²) in [6, 6.07) is 17.5. The summed E-state index contributed by atoms with van der Waals surface area (Å²) in [5, 5.41) is 5.64. The summed E-state index contributed by atoms with van der Waals surface area (Å²) in [4.78, 5) is 12.5. The van der Waals surface area contributed by atoms with E-state index >= 15 is 0 Å². The van der Waals surface area contributed by atoms with Crippen LogP contribution >= 0.6 is 11.6 Å². The van der Waals surface area contributed by atoms with Crippen LogP contribution in [-0.4, -0.2) is 5.91 Å². The van der Waals surface area contributed by atoms with Gasteiger partial charge in [-0.1, -0.05) is 48.0 Å². The number of nitrogens with one attached hydrogen (secondary N) is 1. The van der Waals surface area contributed by atoms with Gasteiger partial charge in [0.15, 0.2) is 0 Å². The van der Waals surface area contributed by atoms with Gasteiger partial charge in [-0.25, -0.2) is 0 Å². The van der Waals surface area contributed by atoms with E-state index in [2.05, 4.69) is 5.32 Å². The van der Waals surface area contributed by atoms with Gasteiger partial charge in [-0.05, 0) is 53.9 Å². The number of carbonyl (C=O) groups is 1. The van der Waals surface area contributed by atoms with E-state index in [0.717, 1.165) is 21.9 Å². The lowest BCUT2D eigenvalue weighted by molar-refractivity contribution is 0.102. The van der Waals surface area contributed by atoms with Crippen LogP contribution in [0, 0.1) is 13.8 Å². The Morgan fingerprint density at radius 2 is 1.68 bits per heavy atom. The smallest absolute Gasteiger partial charge is 0.255 e. The summed E-state index contributed by atoms with van der Waals surface area (Å²) in [7, 11) is 0. The van der Waals surface area contributed by atoms with Crippen molar-refractivity contribution in [2.75, 3.05) is 5.32 Å². The standard InChI is InChI=1S/C19H16ClNO/c1-12-9-13(2)18(17(20)10-12)21-19(22)16-8-7-14-5-3-4-6-15(14)11-16/h3-11H,1-2H3,(H,21,22). The molecule has 3 heteroatoms. The van der Waals surface area contributed by atoms with Gasteiger partial charge in [0, 0.05) is 5.56 Å². The Morgan fingerprint density at radius 1 is 0.955 bits per heavy atom. The molecule has 0 unspecified atom stereocenters.